The summed E-state index contributed by atoms with van der Waals surface area (Å²) >= 11 is 14.0. The van der Waals surface area contributed by atoms with E-state index >= 15 is 0 Å². The minimum absolute atomic E-state index is 0.129. The Morgan fingerprint density at radius 2 is 1.90 bits per heavy atom. The third-order valence-electron chi connectivity index (χ3n) is 4.83. The quantitative estimate of drug-likeness (QED) is 0.345. The van der Waals surface area contributed by atoms with Crippen LogP contribution in [0.1, 0.15) is 31.2 Å². The minimum Gasteiger partial charge on any atom is -0.353 e. The SMILES string of the molecule is Cc1ccc(-c2nnc(SCCCC(=O)NC3CC3)n2-c2ccc(Cl)c(Cl)c2)cc1. The summed E-state index contributed by atoms with van der Waals surface area (Å²) in [6.45, 7) is 2.05. The van der Waals surface area contributed by atoms with E-state index in [4.69, 9.17) is 23.2 Å². The van der Waals surface area contributed by atoms with Gasteiger partial charge in [0, 0.05) is 23.8 Å². The summed E-state index contributed by atoms with van der Waals surface area (Å²) in [6, 6.07) is 14.1. The fourth-order valence-electron chi connectivity index (χ4n) is 3.03. The third kappa shape index (κ3) is 5.17. The lowest BCUT2D eigenvalue weighted by Crippen LogP contribution is -2.25. The van der Waals surface area contributed by atoms with Crippen LogP contribution in [0.15, 0.2) is 47.6 Å². The Labute approximate surface area is 190 Å². The van der Waals surface area contributed by atoms with Gasteiger partial charge in [-0.1, -0.05) is 64.8 Å². The van der Waals surface area contributed by atoms with E-state index < -0.39 is 0 Å². The maximum atomic E-state index is 11.9. The van der Waals surface area contributed by atoms with Crippen molar-refractivity contribution in [1.82, 2.24) is 20.1 Å². The molecule has 5 nitrogen and oxygen atoms in total. The first kappa shape index (κ1) is 21.2. The van der Waals surface area contributed by atoms with Crippen molar-refractivity contribution in [1.29, 1.82) is 0 Å². The maximum Gasteiger partial charge on any atom is 0.220 e. The molecular weight excluding hydrogens is 439 g/mol. The molecule has 2 aromatic carbocycles. The van der Waals surface area contributed by atoms with Gasteiger partial charge in [-0.3, -0.25) is 9.36 Å². The van der Waals surface area contributed by atoms with Gasteiger partial charge in [-0.2, -0.15) is 0 Å². The predicted molar refractivity (Wildman–Crippen MR) is 123 cm³/mol. The van der Waals surface area contributed by atoms with E-state index in [1.54, 1.807) is 17.8 Å². The summed E-state index contributed by atoms with van der Waals surface area (Å²) in [7, 11) is 0. The molecule has 1 aliphatic rings. The molecule has 0 radical (unpaired) electrons. The van der Waals surface area contributed by atoms with Crippen LogP contribution in [-0.2, 0) is 4.79 Å². The molecule has 1 aliphatic carbocycles. The molecule has 1 heterocycles. The highest BCUT2D eigenvalue weighted by atomic mass is 35.5. The number of aromatic nitrogens is 3. The van der Waals surface area contributed by atoms with E-state index in [1.165, 1.54) is 5.56 Å². The Bertz CT molecular complexity index is 1050. The Kier molecular flexibility index (Phi) is 6.66. The predicted octanol–water partition coefficient (Wildman–Crippen LogP) is 5.70. The lowest BCUT2D eigenvalue weighted by Gasteiger charge is -2.11. The number of aryl methyl sites for hydroxylation is 1. The Morgan fingerprint density at radius 3 is 2.60 bits per heavy atom. The van der Waals surface area contributed by atoms with Gasteiger partial charge in [0.25, 0.3) is 0 Å². The number of amides is 1. The number of rotatable bonds is 8. The van der Waals surface area contributed by atoms with Gasteiger partial charge in [-0.15, -0.1) is 10.2 Å². The number of nitrogens with zero attached hydrogens (tertiary/aromatic N) is 3. The molecule has 0 bridgehead atoms. The van der Waals surface area contributed by atoms with Gasteiger partial charge >= 0.3 is 0 Å². The van der Waals surface area contributed by atoms with Crippen LogP contribution in [-0.4, -0.2) is 32.5 Å². The molecule has 0 saturated heterocycles. The minimum atomic E-state index is 0.129. The van der Waals surface area contributed by atoms with E-state index in [2.05, 4.69) is 27.6 Å². The second-order valence-corrected chi connectivity index (χ2v) is 9.28. The molecule has 30 heavy (non-hydrogen) atoms. The van der Waals surface area contributed by atoms with Crippen molar-refractivity contribution in [2.45, 2.75) is 43.8 Å². The highest BCUT2D eigenvalue weighted by Crippen LogP contribution is 2.32. The second kappa shape index (κ2) is 9.41. The highest BCUT2D eigenvalue weighted by molar-refractivity contribution is 7.99. The number of benzene rings is 2. The highest BCUT2D eigenvalue weighted by Gasteiger charge is 2.23. The van der Waals surface area contributed by atoms with Gasteiger partial charge in [-0.25, -0.2) is 0 Å². The van der Waals surface area contributed by atoms with Gasteiger partial charge in [-0.05, 0) is 44.4 Å². The first-order valence-electron chi connectivity index (χ1n) is 9.91. The number of carbonyl (C=O) groups is 1. The third-order valence-corrected chi connectivity index (χ3v) is 6.58. The smallest absolute Gasteiger partial charge is 0.220 e. The topological polar surface area (TPSA) is 59.8 Å². The van der Waals surface area contributed by atoms with Crippen molar-refractivity contribution < 1.29 is 4.79 Å². The standard InChI is InChI=1S/C22H22Cl2N4OS/c1-14-4-6-15(7-5-14)21-26-27-22(28(21)17-10-11-18(23)19(24)13-17)30-12-2-3-20(29)25-16-8-9-16/h4-7,10-11,13,16H,2-3,8-9,12H2,1H3,(H,25,29). The zero-order valence-corrected chi connectivity index (χ0v) is 18.9. The van der Waals surface area contributed by atoms with Crippen molar-refractivity contribution in [2.75, 3.05) is 5.75 Å². The van der Waals surface area contributed by atoms with Crippen molar-refractivity contribution in [3.63, 3.8) is 0 Å². The van der Waals surface area contributed by atoms with Gasteiger partial charge in [0.2, 0.25) is 5.91 Å². The monoisotopic (exact) mass is 460 g/mol. The van der Waals surface area contributed by atoms with Crippen LogP contribution >= 0.6 is 35.0 Å². The molecule has 8 heteroatoms. The Hall–Kier alpha value is -2.02. The number of hydrogen-bond donors (Lipinski definition) is 1. The van der Waals surface area contributed by atoms with Crippen LogP contribution in [0.3, 0.4) is 0 Å². The lowest BCUT2D eigenvalue weighted by atomic mass is 10.1. The van der Waals surface area contributed by atoms with Crippen molar-refractivity contribution in [2.24, 2.45) is 0 Å². The van der Waals surface area contributed by atoms with Crippen LogP contribution in [0.2, 0.25) is 10.0 Å². The first-order valence-corrected chi connectivity index (χ1v) is 11.7. The molecule has 3 aromatic rings. The Balaban J connectivity index is 1.55. The molecule has 1 N–H and O–H groups in total. The van der Waals surface area contributed by atoms with Gasteiger partial charge < -0.3 is 5.32 Å². The van der Waals surface area contributed by atoms with Crippen LogP contribution in [0.5, 0.6) is 0 Å². The van der Waals surface area contributed by atoms with Crippen LogP contribution in [0, 0.1) is 6.92 Å². The summed E-state index contributed by atoms with van der Waals surface area (Å²) in [4.78, 5) is 11.9. The summed E-state index contributed by atoms with van der Waals surface area (Å²) in [6.07, 6.45) is 3.51. The van der Waals surface area contributed by atoms with E-state index in [0.29, 0.717) is 22.5 Å². The van der Waals surface area contributed by atoms with Gasteiger partial charge in [0.15, 0.2) is 11.0 Å². The molecule has 156 valence electrons. The summed E-state index contributed by atoms with van der Waals surface area (Å²) < 4.78 is 1.99. The molecule has 0 unspecified atom stereocenters. The molecule has 1 saturated carbocycles. The summed E-state index contributed by atoms with van der Waals surface area (Å²) in [5.74, 6) is 1.64. The number of carbonyl (C=O) groups excluding carboxylic acids is 1. The van der Waals surface area contributed by atoms with Crippen molar-refractivity contribution in [3.8, 4) is 17.1 Å². The number of halogens is 2. The van der Waals surface area contributed by atoms with E-state index in [0.717, 1.165) is 47.2 Å². The zero-order chi connectivity index (χ0) is 21.1. The fraction of sp³-hybridized carbons (Fsp3) is 0.318. The Morgan fingerprint density at radius 1 is 1.13 bits per heavy atom. The summed E-state index contributed by atoms with van der Waals surface area (Å²) in [5, 5.41) is 13.6. The van der Waals surface area contributed by atoms with Crippen LogP contribution in [0.4, 0.5) is 0 Å². The molecule has 1 fully saturated rings. The molecule has 1 aromatic heterocycles. The number of hydrogen-bond acceptors (Lipinski definition) is 4. The van der Waals surface area contributed by atoms with Gasteiger partial charge in [0.1, 0.15) is 0 Å². The normalized spacial score (nSPS) is 13.4. The van der Waals surface area contributed by atoms with Gasteiger partial charge in [0.05, 0.1) is 15.7 Å². The largest absolute Gasteiger partial charge is 0.353 e. The molecule has 4 rings (SSSR count). The molecule has 0 spiro atoms. The fourth-order valence-corrected chi connectivity index (χ4v) is 4.22. The van der Waals surface area contributed by atoms with E-state index in [9.17, 15) is 4.79 Å². The van der Waals surface area contributed by atoms with Crippen molar-refractivity contribution >= 4 is 40.9 Å². The molecule has 0 aliphatic heterocycles. The molecule has 1 amide bonds. The molecule has 0 atom stereocenters. The number of nitrogens with one attached hydrogen (secondary N) is 1. The second-order valence-electron chi connectivity index (χ2n) is 7.40. The lowest BCUT2D eigenvalue weighted by molar-refractivity contribution is -0.121. The van der Waals surface area contributed by atoms with Crippen LogP contribution in [0.25, 0.3) is 17.1 Å². The van der Waals surface area contributed by atoms with E-state index in [-0.39, 0.29) is 5.91 Å². The van der Waals surface area contributed by atoms with Crippen LogP contribution < -0.4 is 5.32 Å². The molecular formula is C22H22Cl2N4OS. The average Bonchev–Trinajstić information content (AvgIpc) is 3.44. The zero-order valence-electron chi connectivity index (χ0n) is 16.6. The maximum absolute atomic E-state index is 11.9. The first-order chi connectivity index (χ1) is 14.5. The number of thioether (sulfide) groups is 1. The summed E-state index contributed by atoms with van der Waals surface area (Å²) in [5.41, 5.74) is 2.99. The average molecular weight is 461 g/mol. The van der Waals surface area contributed by atoms with Crippen molar-refractivity contribution in [3.05, 3.63) is 58.1 Å². The van der Waals surface area contributed by atoms with E-state index in [1.807, 2.05) is 35.8 Å².